The number of nitrogens with one attached hydrogen (secondary N) is 1. The van der Waals surface area contributed by atoms with Gasteiger partial charge in [0.15, 0.2) is 0 Å². The van der Waals surface area contributed by atoms with Gasteiger partial charge in [0.05, 0.1) is 0 Å². The van der Waals surface area contributed by atoms with Gasteiger partial charge in [-0.15, -0.1) is 0 Å². The smallest absolute Gasteiger partial charge is 0.126 e. The molecule has 0 aromatic heterocycles. The van der Waals surface area contributed by atoms with E-state index in [4.69, 9.17) is 11.6 Å². The van der Waals surface area contributed by atoms with E-state index < -0.39 is 0 Å². The van der Waals surface area contributed by atoms with Gasteiger partial charge < -0.3 is 5.32 Å². The molecule has 0 aliphatic heterocycles. The summed E-state index contributed by atoms with van der Waals surface area (Å²) in [5.41, 5.74) is 0.721. The van der Waals surface area contributed by atoms with Gasteiger partial charge in [-0.2, -0.15) is 0 Å². The van der Waals surface area contributed by atoms with Crippen LogP contribution in [-0.4, -0.2) is 13.1 Å². The molecule has 0 bridgehead atoms. The van der Waals surface area contributed by atoms with E-state index in [1.165, 1.54) is 6.07 Å². The number of halogens is 2. The Morgan fingerprint density at radius 1 is 1.22 bits per heavy atom. The third-order valence-corrected chi connectivity index (χ3v) is 3.19. The molecule has 1 aromatic rings. The molecule has 0 aliphatic rings. The van der Waals surface area contributed by atoms with Crippen molar-refractivity contribution in [3.8, 4) is 0 Å². The van der Waals surface area contributed by atoms with Crippen LogP contribution in [0.4, 0.5) is 4.39 Å². The molecule has 0 heterocycles. The first-order valence-corrected chi connectivity index (χ1v) is 7.01. The summed E-state index contributed by atoms with van der Waals surface area (Å²) in [7, 11) is 0. The minimum atomic E-state index is -0.151. The molecule has 0 spiro atoms. The van der Waals surface area contributed by atoms with Crippen molar-refractivity contribution in [1.82, 2.24) is 5.32 Å². The van der Waals surface area contributed by atoms with Crippen LogP contribution in [0.3, 0.4) is 0 Å². The van der Waals surface area contributed by atoms with Crippen LogP contribution in [0.1, 0.15) is 32.8 Å². The predicted octanol–water partition coefficient (Wildman–Crippen LogP) is 4.29. The Labute approximate surface area is 115 Å². The van der Waals surface area contributed by atoms with Crippen molar-refractivity contribution in [3.63, 3.8) is 0 Å². The quantitative estimate of drug-likeness (QED) is 0.780. The number of hydrogen-bond donors (Lipinski definition) is 1. The van der Waals surface area contributed by atoms with Crippen molar-refractivity contribution in [2.24, 2.45) is 11.8 Å². The molecule has 0 amide bonds. The SMILES string of the molecule is CC(C)CNCC(C)CCc1cc(Cl)ccc1F. The summed E-state index contributed by atoms with van der Waals surface area (Å²) >= 11 is 5.87. The van der Waals surface area contributed by atoms with E-state index in [1.54, 1.807) is 12.1 Å². The molecular weight excluding hydrogens is 249 g/mol. The predicted molar refractivity (Wildman–Crippen MR) is 76.6 cm³/mol. The van der Waals surface area contributed by atoms with Crippen LogP contribution in [0.2, 0.25) is 5.02 Å². The average Bonchev–Trinajstić information content (AvgIpc) is 2.30. The van der Waals surface area contributed by atoms with Gasteiger partial charge in [0.2, 0.25) is 0 Å². The zero-order valence-corrected chi connectivity index (χ0v) is 12.2. The summed E-state index contributed by atoms with van der Waals surface area (Å²) < 4.78 is 13.5. The first-order valence-electron chi connectivity index (χ1n) is 6.63. The zero-order chi connectivity index (χ0) is 13.5. The van der Waals surface area contributed by atoms with Crippen molar-refractivity contribution in [2.45, 2.75) is 33.6 Å². The highest BCUT2D eigenvalue weighted by molar-refractivity contribution is 6.30. The van der Waals surface area contributed by atoms with Crippen molar-refractivity contribution in [3.05, 3.63) is 34.6 Å². The molecule has 1 aromatic carbocycles. The Morgan fingerprint density at radius 3 is 2.61 bits per heavy atom. The summed E-state index contributed by atoms with van der Waals surface area (Å²) in [6, 6.07) is 4.76. The lowest BCUT2D eigenvalue weighted by Gasteiger charge is -2.14. The van der Waals surface area contributed by atoms with Gasteiger partial charge in [0.1, 0.15) is 5.82 Å². The highest BCUT2D eigenvalue weighted by Crippen LogP contribution is 2.18. The topological polar surface area (TPSA) is 12.0 Å². The van der Waals surface area contributed by atoms with Gasteiger partial charge in [-0.3, -0.25) is 0 Å². The Balaban J connectivity index is 2.33. The molecule has 1 atom stereocenters. The molecule has 0 saturated heterocycles. The first-order chi connectivity index (χ1) is 8.49. The molecule has 3 heteroatoms. The lowest BCUT2D eigenvalue weighted by Crippen LogP contribution is -2.25. The third-order valence-electron chi connectivity index (χ3n) is 2.96. The fourth-order valence-electron chi connectivity index (χ4n) is 1.86. The second-order valence-electron chi connectivity index (χ2n) is 5.43. The Hall–Kier alpha value is -0.600. The molecule has 1 unspecified atom stereocenters. The van der Waals surface area contributed by atoms with E-state index in [1.807, 2.05) is 0 Å². The van der Waals surface area contributed by atoms with Crippen LogP contribution >= 0.6 is 11.6 Å². The maximum Gasteiger partial charge on any atom is 0.126 e. The average molecular weight is 272 g/mol. The van der Waals surface area contributed by atoms with Crippen LogP contribution in [0, 0.1) is 17.7 Å². The van der Waals surface area contributed by atoms with Crippen LogP contribution in [0.15, 0.2) is 18.2 Å². The van der Waals surface area contributed by atoms with Crippen molar-refractivity contribution in [1.29, 1.82) is 0 Å². The summed E-state index contributed by atoms with van der Waals surface area (Å²) in [4.78, 5) is 0. The molecule has 1 rings (SSSR count). The minimum absolute atomic E-state index is 0.151. The molecule has 18 heavy (non-hydrogen) atoms. The second-order valence-corrected chi connectivity index (χ2v) is 5.87. The van der Waals surface area contributed by atoms with E-state index in [9.17, 15) is 4.39 Å². The molecule has 1 N–H and O–H groups in total. The number of rotatable bonds is 7. The monoisotopic (exact) mass is 271 g/mol. The number of hydrogen-bond acceptors (Lipinski definition) is 1. The third kappa shape index (κ3) is 5.83. The van der Waals surface area contributed by atoms with Crippen molar-refractivity contribution in [2.75, 3.05) is 13.1 Å². The summed E-state index contributed by atoms with van der Waals surface area (Å²) in [6.07, 6.45) is 1.72. The fourth-order valence-corrected chi connectivity index (χ4v) is 2.05. The molecule has 0 radical (unpaired) electrons. The van der Waals surface area contributed by atoms with Gasteiger partial charge >= 0.3 is 0 Å². The Bertz CT molecular complexity index is 366. The van der Waals surface area contributed by atoms with Gasteiger partial charge in [-0.1, -0.05) is 32.4 Å². The maximum atomic E-state index is 13.5. The Morgan fingerprint density at radius 2 is 1.94 bits per heavy atom. The summed E-state index contributed by atoms with van der Waals surface area (Å²) in [5, 5.41) is 4.04. The van der Waals surface area contributed by atoms with Crippen LogP contribution in [-0.2, 0) is 6.42 Å². The summed E-state index contributed by atoms with van der Waals surface area (Å²) in [6.45, 7) is 8.60. The van der Waals surface area contributed by atoms with Gasteiger partial charge in [0, 0.05) is 5.02 Å². The number of benzene rings is 1. The maximum absolute atomic E-state index is 13.5. The largest absolute Gasteiger partial charge is 0.316 e. The summed E-state index contributed by atoms with van der Waals surface area (Å²) in [5.74, 6) is 1.06. The van der Waals surface area contributed by atoms with E-state index in [-0.39, 0.29) is 5.82 Å². The van der Waals surface area contributed by atoms with Crippen LogP contribution < -0.4 is 5.32 Å². The van der Waals surface area contributed by atoms with Crippen LogP contribution in [0.25, 0.3) is 0 Å². The molecular formula is C15H23ClFN. The van der Waals surface area contributed by atoms with Gasteiger partial charge in [-0.05, 0) is 61.5 Å². The lowest BCUT2D eigenvalue weighted by atomic mass is 10.0. The van der Waals surface area contributed by atoms with E-state index in [2.05, 4.69) is 26.1 Å². The van der Waals surface area contributed by atoms with E-state index >= 15 is 0 Å². The second kappa shape index (κ2) is 7.75. The zero-order valence-electron chi connectivity index (χ0n) is 11.5. The van der Waals surface area contributed by atoms with Gasteiger partial charge in [0.25, 0.3) is 0 Å². The normalized spacial score (nSPS) is 13.0. The molecule has 0 fully saturated rings. The fraction of sp³-hybridized carbons (Fsp3) is 0.600. The first kappa shape index (κ1) is 15.5. The standard InChI is InChI=1S/C15H23ClFN/c1-11(2)9-18-10-12(3)4-5-13-8-14(16)6-7-15(13)17/h6-8,11-12,18H,4-5,9-10H2,1-3H3. The lowest BCUT2D eigenvalue weighted by molar-refractivity contribution is 0.451. The van der Waals surface area contributed by atoms with Crippen molar-refractivity contribution >= 4 is 11.6 Å². The van der Waals surface area contributed by atoms with Gasteiger partial charge in [-0.25, -0.2) is 4.39 Å². The molecule has 1 nitrogen and oxygen atoms in total. The molecule has 0 aliphatic carbocycles. The van der Waals surface area contributed by atoms with E-state index in [0.717, 1.165) is 31.5 Å². The minimum Gasteiger partial charge on any atom is -0.316 e. The van der Waals surface area contributed by atoms with Crippen molar-refractivity contribution < 1.29 is 4.39 Å². The number of aryl methyl sites for hydroxylation is 1. The molecule has 102 valence electrons. The highest BCUT2D eigenvalue weighted by atomic mass is 35.5. The van der Waals surface area contributed by atoms with E-state index in [0.29, 0.717) is 16.9 Å². The van der Waals surface area contributed by atoms with Crippen LogP contribution in [0.5, 0.6) is 0 Å². The Kier molecular flexibility index (Phi) is 6.66. The molecule has 0 saturated carbocycles. The highest BCUT2D eigenvalue weighted by Gasteiger charge is 2.07.